The molecule has 1 heterocycles. The number of hydrogen-bond acceptors (Lipinski definition) is 2. The fraction of sp³-hybridized carbons (Fsp3) is 1.00. The first-order valence-corrected chi connectivity index (χ1v) is 5.15. The number of nitrogens with zero attached hydrogens (tertiary/aromatic N) is 1. The highest BCUT2D eigenvalue weighted by Gasteiger charge is 2.24. The molecule has 0 saturated carbocycles. The highest BCUT2D eigenvalue weighted by atomic mass is 15.1. The number of hydrogen-bond donors (Lipinski definition) is 1. The van der Waals surface area contributed by atoms with Gasteiger partial charge in [-0.3, -0.25) is 0 Å². The number of likely N-dealkylation sites (tertiary alicyclic amines) is 1. The molecule has 1 aliphatic rings. The zero-order valence-electron chi connectivity index (χ0n) is 8.47. The molecule has 0 aromatic rings. The van der Waals surface area contributed by atoms with Crippen molar-refractivity contribution in [2.24, 2.45) is 5.73 Å². The summed E-state index contributed by atoms with van der Waals surface area (Å²) in [7, 11) is 0. The lowest BCUT2D eigenvalue weighted by Crippen LogP contribution is -2.48. The van der Waals surface area contributed by atoms with Gasteiger partial charge in [0.15, 0.2) is 0 Å². The summed E-state index contributed by atoms with van der Waals surface area (Å²) in [5.74, 6) is 0. The van der Waals surface area contributed by atoms with Gasteiger partial charge in [0.25, 0.3) is 0 Å². The average molecular weight is 170 g/mol. The van der Waals surface area contributed by atoms with E-state index >= 15 is 0 Å². The van der Waals surface area contributed by atoms with E-state index in [1.165, 1.54) is 32.5 Å². The van der Waals surface area contributed by atoms with Crippen LogP contribution in [0.25, 0.3) is 0 Å². The Kier molecular flexibility index (Phi) is 3.53. The van der Waals surface area contributed by atoms with Crippen molar-refractivity contribution in [3.8, 4) is 0 Å². The molecule has 2 heteroatoms. The van der Waals surface area contributed by atoms with E-state index in [-0.39, 0.29) is 5.54 Å². The maximum Gasteiger partial charge on any atom is 0.0150 e. The van der Waals surface area contributed by atoms with Crippen molar-refractivity contribution in [3.63, 3.8) is 0 Å². The second kappa shape index (κ2) is 4.24. The monoisotopic (exact) mass is 170 g/mol. The Bertz CT molecular complexity index is 122. The average Bonchev–Trinajstić information content (AvgIpc) is 2.03. The molecule has 0 aliphatic carbocycles. The summed E-state index contributed by atoms with van der Waals surface area (Å²) in [6.07, 6.45) is 4.96. The third-order valence-electron chi connectivity index (χ3n) is 2.83. The Morgan fingerprint density at radius 1 is 1.33 bits per heavy atom. The van der Waals surface area contributed by atoms with Crippen LogP contribution >= 0.6 is 0 Å². The summed E-state index contributed by atoms with van der Waals surface area (Å²) in [6.45, 7) is 8.09. The van der Waals surface area contributed by atoms with Gasteiger partial charge >= 0.3 is 0 Å². The molecule has 1 rings (SSSR count). The molecule has 1 aliphatic heterocycles. The van der Waals surface area contributed by atoms with E-state index in [0.29, 0.717) is 0 Å². The number of piperidine rings is 1. The SMILES string of the molecule is CCCCN1CCC(C)(N)CC1. The largest absolute Gasteiger partial charge is 0.325 e. The standard InChI is InChI=1S/C10H22N2/c1-3-4-7-12-8-5-10(2,11)6-9-12/h3-9,11H2,1-2H3. The van der Waals surface area contributed by atoms with Gasteiger partial charge in [0.2, 0.25) is 0 Å². The van der Waals surface area contributed by atoms with E-state index in [1.54, 1.807) is 0 Å². The summed E-state index contributed by atoms with van der Waals surface area (Å²) < 4.78 is 0. The first-order chi connectivity index (χ1) is 5.64. The van der Waals surface area contributed by atoms with Crippen LogP contribution in [-0.4, -0.2) is 30.1 Å². The number of unbranched alkanes of at least 4 members (excludes halogenated alkanes) is 1. The predicted molar refractivity (Wildman–Crippen MR) is 53.2 cm³/mol. The first-order valence-electron chi connectivity index (χ1n) is 5.15. The molecule has 0 amide bonds. The molecular weight excluding hydrogens is 148 g/mol. The Hall–Kier alpha value is -0.0800. The Morgan fingerprint density at radius 3 is 2.42 bits per heavy atom. The summed E-state index contributed by atoms with van der Waals surface area (Å²) in [6, 6.07) is 0. The van der Waals surface area contributed by atoms with Gasteiger partial charge < -0.3 is 10.6 Å². The highest BCUT2D eigenvalue weighted by molar-refractivity contribution is 4.85. The van der Waals surface area contributed by atoms with Crippen LogP contribution in [0.3, 0.4) is 0 Å². The fourth-order valence-corrected chi connectivity index (χ4v) is 1.67. The van der Waals surface area contributed by atoms with Crippen LogP contribution in [0.15, 0.2) is 0 Å². The third-order valence-corrected chi connectivity index (χ3v) is 2.83. The van der Waals surface area contributed by atoms with Crippen molar-refractivity contribution in [1.29, 1.82) is 0 Å². The molecule has 0 atom stereocenters. The lowest BCUT2D eigenvalue weighted by Gasteiger charge is -2.36. The summed E-state index contributed by atoms with van der Waals surface area (Å²) in [4.78, 5) is 2.54. The molecule has 1 saturated heterocycles. The minimum atomic E-state index is 0.114. The van der Waals surface area contributed by atoms with Crippen molar-refractivity contribution in [1.82, 2.24) is 4.90 Å². The van der Waals surface area contributed by atoms with Gasteiger partial charge in [-0.1, -0.05) is 13.3 Å². The van der Waals surface area contributed by atoms with Crippen LogP contribution in [0.4, 0.5) is 0 Å². The van der Waals surface area contributed by atoms with Crippen LogP contribution in [0.2, 0.25) is 0 Å². The van der Waals surface area contributed by atoms with Crippen LogP contribution in [0.1, 0.15) is 39.5 Å². The molecule has 0 aromatic heterocycles. The maximum atomic E-state index is 6.04. The molecular formula is C10H22N2. The first kappa shape index (κ1) is 10.0. The Morgan fingerprint density at radius 2 is 1.92 bits per heavy atom. The van der Waals surface area contributed by atoms with Gasteiger partial charge in [0.05, 0.1) is 0 Å². The van der Waals surface area contributed by atoms with Gasteiger partial charge in [-0.05, 0) is 45.8 Å². The summed E-state index contributed by atoms with van der Waals surface area (Å²) in [5.41, 5.74) is 6.16. The molecule has 0 aromatic carbocycles. The van der Waals surface area contributed by atoms with E-state index in [9.17, 15) is 0 Å². The van der Waals surface area contributed by atoms with E-state index in [4.69, 9.17) is 5.73 Å². The van der Waals surface area contributed by atoms with E-state index in [2.05, 4.69) is 18.7 Å². The fourth-order valence-electron chi connectivity index (χ4n) is 1.67. The van der Waals surface area contributed by atoms with E-state index in [1.807, 2.05) is 0 Å². The van der Waals surface area contributed by atoms with Crippen LogP contribution in [0, 0.1) is 0 Å². The van der Waals surface area contributed by atoms with Gasteiger partial charge in [-0.2, -0.15) is 0 Å². The summed E-state index contributed by atoms with van der Waals surface area (Å²) in [5, 5.41) is 0. The van der Waals surface area contributed by atoms with E-state index in [0.717, 1.165) is 12.8 Å². The molecule has 0 spiro atoms. The minimum absolute atomic E-state index is 0.114. The Balaban J connectivity index is 2.18. The van der Waals surface area contributed by atoms with Gasteiger partial charge in [0, 0.05) is 5.54 Å². The van der Waals surface area contributed by atoms with Crippen LogP contribution in [-0.2, 0) is 0 Å². The quantitative estimate of drug-likeness (QED) is 0.697. The second-order valence-electron chi connectivity index (χ2n) is 4.35. The highest BCUT2D eigenvalue weighted by Crippen LogP contribution is 2.18. The molecule has 72 valence electrons. The lowest BCUT2D eigenvalue weighted by molar-refractivity contribution is 0.170. The van der Waals surface area contributed by atoms with Crippen molar-refractivity contribution >= 4 is 0 Å². The zero-order valence-corrected chi connectivity index (χ0v) is 8.47. The van der Waals surface area contributed by atoms with Gasteiger partial charge in [-0.15, -0.1) is 0 Å². The van der Waals surface area contributed by atoms with Crippen LogP contribution in [0.5, 0.6) is 0 Å². The van der Waals surface area contributed by atoms with Gasteiger partial charge in [-0.25, -0.2) is 0 Å². The molecule has 0 unspecified atom stereocenters. The molecule has 12 heavy (non-hydrogen) atoms. The zero-order chi connectivity index (χ0) is 9.03. The molecule has 0 radical (unpaired) electrons. The normalized spacial score (nSPS) is 24.2. The number of rotatable bonds is 3. The summed E-state index contributed by atoms with van der Waals surface area (Å²) >= 11 is 0. The molecule has 2 N–H and O–H groups in total. The number of nitrogens with two attached hydrogens (primary N) is 1. The Labute approximate surface area is 76.1 Å². The van der Waals surface area contributed by atoms with Crippen molar-refractivity contribution in [2.45, 2.75) is 45.1 Å². The third kappa shape index (κ3) is 3.11. The van der Waals surface area contributed by atoms with Crippen molar-refractivity contribution < 1.29 is 0 Å². The second-order valence-corrected chi connectivity index (χ2v) is 4.35. The smallest absolute Gasteiger partial charge is 0.0150 e. The predicted octanol–water partition coefficient (Wildman–Crippen LogP) is 1.60. The maximum absolute atomic E-state index is 6.04. The van der Waals surface area contributed by atoms with Gasteiger partial charge in [0.1, 0.15) is 0 Å². The van der Waals surface area contributed by atoms with E-state index < -0.39 is 0 Å². The molecule has 0 bridgehead atoms. The molecule has 2 nitrogen and oxygen atoms in total. The topological polar surface area (TPSA) is 29.3 Å². The minimum Gasteiger partial charge on any atom is -0.325 e. The van der Waals surface area contributed by atoms with Crippen molar-refractivity contribution in [3.05, 3.63) is 0 Å². The van der Waals surface area contributed by atoms with Crippen LogP contribution < -0.4 is 5.73 Å². The lowest BCUT2D eigenvalue weighted by atomic mass is 9.91. The van der Waals surface area contributed by atoms with Crippen molar-refractivity contribution in [2.75, 3.05) is 19.6 Å². The molecule has 1 fully saturated rings.